The highest BCUT2D eigenvalue weighted by molar-refractivity contribution is 5.38. The van der Waals surface area contributed by atoms with E-state index in [1.807, 2.05) is 12.1 Å². The van der Waals surface area contributed by atoms with Gasteiger partial charge in [0.05, 0.1) is 0 Å². The molecule has 0 amide bonds. The number of benzene rings is 1. The zero-order valence-electron chi connectivity index (χ0n) is 9.65. The van der Waals surface area contributed by atoms with E-state index in [1.54, 1.807) is 6.20 Å². The maximum atomic E-state index is 11.9. The van der Waals surface area contributed by atoms with E-state index in [0.29, 0.717) is 0 Å². The van der Waals surface area contributed by atoms with E-state index in [-0.39, 0.29) is 11.5 Å². The van der Waals surface area contributed by atoms with E-state index in [0.717, 1.165) is 24.8 Å². The zero-order valence-corrected chi connectivity index (χ0v) is 9.65. The molecule has 17 heavy (non-hydrogen) atoms. The molecule has 0 fully saturated rings. The predicted molar refractivity (Wildman–Crippen MR) is 68.3 cm³/mol. The molecule has 3 rings (SSSR count). The minimum atomic E-state index is 0.0502. The summed E-state index contributed by atoms with van der Waals surface area (Å²) < 4.78 is 0. The first-order valence-electron chi connectivity index (χ1n) is 6.11. The van der Waals surface area contributed by atoms with Crippen LogP contribution in [-0.4, -0.2) is 4.98 Å². The molecule has 0 saturated carbocycles. The highest BCUT2D eigenvalue weighted by Crippen LogP contribution is 2.34. The Hall–Kier alpha value is -1.83. The van der Waals surface area contributed by atoms with E-state index in [9.17, 15) is 4.79 Å². The van der Waals surface area contributed by atoms with Gasteiger partial charge in [-0.15, -0.1) is 0 Å². The van der Waals surface area contributed by atoms with Crippen LogP contribution >= 0.6 is 0 Å². The maximum absolute atomic E-state index is 11.9. The number of H-pyrrole nitrogens is 1. The van der Waals surface area contributed by atoms with E-state index in [1.165, 1.54) is 11.1 Å². The van der Waals surface area contributed by atoms with Crippen molar-refractivity contribution in [2.45, 2.75) is 25.2 Å². The molecule has 86 valence electrons. The number of aryl methyl sites for hydroxylation is 1. The molecule has 1 heterocycles. The third-order valence-electron chi connectivity index (χ3n) is 3.59. The molecule has 1 aliphatic carbocycles. The van der Waals surface area contributed by atoms with Crippen LogP contribution in [0, 0.1) is 0 Å². The Balaban J connectivity index is 2.13. The molecular formula is C15H15NO. The lowest BCUT2D eigenvalue weighted by molar-refractivity contribution is 0.611. The Bertz CT molecular complexity index is 585. The summed E-state index contributed by atoms with van der Waals surface area (Å²) in [5.74, 6) is 0.268. The van der Waals surface area contributed by atoms with Crippen LogP contribution in [0.15, 0.2) is 47.4 Å². The minimum Gasteiger partial charge on any atom is -0.329 e. The average molecular weight is 225 g/mol. The van der Waals surface area contributed by atoms with Crippen molar-refractivity contribution in [2.75, 3.05) is 0 Å². The van der Waals surface area contributed by atoms with Crippen molar-refractivity contribution in [3.8, 4) is 0 Å². The van der Waals surface area contributed by atoms with Crippen LogP contribution in [0.5, 0.6) is 0 Å². The highest BCUT2D eigenvalue weighted by atomic mass is 16.1. The summed E-state index contributed by atoms with van der Waals surface area (Å²) in [5, 5.41) is 0. The summed E-state index contributed by atoms with van der Waals surface area (Å²) in [7, 11) is 0. The van der Waals surface area contributed by atoms with Gasteiger partial charge in [-0.05, 0) is 36.5 Å². The smallest absolute Gasteiger partial charge is 0.251 e. The van der Waals surface area contributed by atoms with Crippen molar-refractivity contribution in [1.29, 1.82) is 0 Å². The predicted octanol–water partition coefficient (Wildman–Crippen LogP) is 2.84. The third kappa shape index (κ3) is 1.80. The molecule has 1 N–H and O–H groups in total. The van der Waals surface area contributed by atoms with Gasteiger partial charge in [-0.1, -0.05) is 30.3 Å². The second-order valence-electron chi connectivity index (χ2n) is 4.60. The van der Waals surface area contributed by atoms with Gasteiger partial charge in [-0.2, -0.15) is 0 Å². The first-order valence-corrected chi connectivity index (χ1v) is 6.11. The average Bonchev–Trinajstić information content (AvgIpc) is 2.39. The molecule has 1 unspecified atom stereocenters. The maximum Gasteiger partial charge on any atom is 0.251 e. The molecule has 1 aromatic carbocycles. The van der Waals surface area contributed by atoms with E-state index in [2.05, 4.69) is 29.2 Å². The van der Waals surface area contributed by atoms with Crippen molar-refractivity contribution in [3.63, 3.8) is 0 Å². The normalized spacial score (nSPS) is 18.7. The van der Waals surface area contributed by atoms with Crippen LogP contribution < -0.4 is 5.56 Å². The fraction of sp³-hybridized carbons (Fsp3) is 0.267. The zero-order chi connectivity index (χ0) is 11.7. The van der Waals surface area contributed by atoms with Gasteiger partial charge in [0.25, 0.3) is 5.56 Å². The lowest BCUT2D eigenvalue weighted by Gasteiger charge is -2.25. The lowest BCUT2D eigenvalue weighted by Crippen LogP contribution is -2.19. The SMILES string of the molecule is O=c1[nH]cccc1C1CCCc2ccccc21. The molecule has 0 bridgehead atoms. The highest BCUT2D eigenvalue weighted by Gasteiger charge is 2.22. The Kier molecular flexibility index (Phi) is 2.56. The van der Waals surface area contributed by atoms with Gasteiger partial charge in [-0.3, -0.25) is 4.79 Å². The molecule has 2 heteroatoms. The third-order valence-corrected chi connectivity index (χ3v) is 3.59. The Morgan fingerprint density at radius 2 is 1.88 bits per heavy atom. The largest absolute Gasteiger partial charge is 0.329 e. The fourth-order valence-corrected chi connectivity index (χ4v) is 2.79. The molecule has 0 radical (unpaired) electrons. The Morgan fingerprint density at radius 3 is 2.76 bits per heavy atom. The molecule has 1 aliphatic rings. The molecule has 2 aromatic rings. The summed E-state index contributed by atoms with van der Waals surface area (Å²) >= 11 is 0. The first-order chi connectivity index (χ1) is 8.36. The van der Waals surface area contributed by atoms with Crippen LogP contribution in [0.3, 0.4) is 0 Å². The summed E-state index contributed by atoms with van der Waals surface area (Å²) in [5.41, 5.74) is 3.68. The molecule has 1 aromatic heterocycles. The number of rotatable bonds is 1. The van der Waals surface area contributed by atoms with Gasteiger partial charge in [0, 0.05) is 17.7 Å². The quantitative estimate of drug-likeness (QED) is 0.795. The number of nitrogens with one attached hydrogen (secondary N) is 1. The summed E-state index contributed by atoms with van der Waals surface area (Å²) in [6.45, 7) is 0. The van der Waals surface area contributed by atoms with Crippen molar-refractivity contribution in [1.82, 2.24) is 4.98 Å². The second-order valence-corrected chi connectivity index (χ2v) is 4.60. The topological polar surface area (TPSA) is 32.9 Å². The summed E-state index contributed by atoms with van der Waals surface area (Å²) in [4.78, 5) is 14.6. The molecule has 1 atom stereocenters. The Morgan fingerprint density at radius 1 is 1.06 bits per heavy atom. The number of hydrogen-bond donors (Lipinski definition) is 1. The van der Waals surface area contributed by atoms with Crippen LogP contribution in [-0.2, 0) is 6.42 Å². The van der Waals surface area contributed by atoms with Crippen molar-refractivity contribution in [2.24, 2.45) is 0 Å². The van der Waals surface area contributed by atoms with Crippen molar-refractivity contribution in [3.05, 3.63) is 69.6 Å². The molecule has 2 nitrogen and oxygen atoms in total. The van der Waals surface area contributed by atoms with Gasteiger partial charge in [0.2, 0.25) is 0 Å². The van der Waals surface area contributed by atoms with Crippen LogP contribution in [0.2, 0.25) is 0 Å². The van der Waals surface area contributed by atoms with Gasteiger partial charge < -0.3 is 4.98 Å². The number of fused-ring (bicyclic) bond motifs is 1. The number of aromatic nitrogens is 1. The lowest BCUT2D eigenvalue weighted by atomic mass is 9.79. The van der Waals surface area contributed by atoms with E-state index >= 15 is 0 Å². The van der Waals surface area contributed by atoms with Crippen LogP contribution in [0.4, 0.5) is 0 Å². The monoisotopic (exact) mass is 225 g/mol. The molecule has 0 spiro atoms. The standard InChI is InChI=1S/C15H15NO/c17-15-14(9-4-10-16-15)13-8-3-6-11-5-1-2-7-12(11)13/h1-2,4-5,7,9-10,13H,3,6,8H2,(H,16,17). The summed E-state index contributed by atoms with van der Waals surface area (Å²) in [6.07, 6.45) is 5.07. The van der Waals surface area contributed by atoms with Crippen molar-refractivity contribution < 1.29 is 0 Å². The van der Waals surface area contributed by atoms with Gasteiger partial charge in [0.15, 0.2) is 0 Å². The van der Waals surface area contributed by atoms with E-state index < -0.39 is 0 Å². The van der Waals surface area contributed by atoms with Crippen LogP contribution in [0.1, 0.15) is 35.4 Å². The first kappa shape index (κ1) is 10.3. The van der Waals surface area contributed by atoms with Crippen molar-refractivity contribution >= 4 is 0 Å². The number of pyridine rings is 1. The minimum absolute atomic E-state index is 0.0502. The molecular weight excluding hydrogens is 210 g/mol. The summed E-state index contributed by atoms with van der Waals surface area (Å²) in [6, 6.07) is 12.3. The van der Waals surface area contributed by atoms with Gasteiger partial charge in [0.1, 0.15) is 0 Å². The van der Waals surface area contributed by atoms with Gasteiger partial charge >= 0.3 is 0 Å². The molecule has 0 saturated heterocycles. The number of hydrogen-bond acceptors (Lipinski definition) is 1. The van der Waals surface area contributed by atoms with E-state index in [4.69, 9.17) is 0 Å². The van der Waals surface area contributed by atoms with Gasteiger partial charge in [-0.25, -0.2) is 0 Å². The number of aromatic amines is 1. The molecule has 0 aliphatic heterocycles. The fourth-order valence-electron chi connectivity index (χ4n) is 2.79. The van der Waals surface area contributed by atoms with Crippen LogP contribution in [0.25, 0.3) is 0 Å². The Labute approximate surface area is 100 Å². The second kappa shape index (κ2) is 4.21.